The van der Waals surface area contributed by atoms with Crippen LogP contribution in [-0.2, 0) is 14.3 Å². The molecule has 0 aliphatic heterocycles. The molecule has 1 rings (SSSR count). The minimum absolute atomic E-state index is 0.156. The Bertz CT molecular complexity index is 840. The van der Waals surface area contributed by atoms with Gasteiger partial charge in [-0.25, -0.2) is 9.59 Å². The van der Waals surface area contributed by atoms with Crippen LogP contribution in [0.25, 0.3) is 0 Å². The molecule has 0 aliphatic rings. The van der Waals surface area contributed by atoms with Crippen molar-refractivity contribution in [2.24, 2.45) is 0 Å². The number of nitrogens with zero attached hydrogens (tertiary/aromatic N) is 3. The lowest BCUT2D eigenvalue weighted by molar-refractivity contribution is -0.404. The molecule has 0 aliphatic carbocycles. The van der Waals surface area contributed by atoms with E-state index in [1.807, 2.05) is 0 Å². The van der Waals surface area contributed by atoms with E-state index in [4.69, 9.17) is 0 Å². The molecule has 0 radical (unpaired) electrons. The van der Waals surface area contributed by atoms with Crippen LogP contribution in [0.4, 0.5) is 17.1 Å². The van der Waals surface area contributed by atoms with Crippen LogP contribution in [0, 0.1) is 30.3 Å². The van der Waals surface area contributed by atoms with Crippen LogP contribution in [0.5, 0.6) is 5.75 Å². The topological polar surface area (TPSA) is 182 Å². The molecule has 0 amide bonds. The molecule has 150 valence electrons. The zero-order valence-corrected chi connectivity index (χ0v) is 15.0. The number of non-ortho nitro benzene ring substituents is 1. The summed E-state index contributed by atoms with van der Waals surface area (Å²) in [6, 6.07) is 0.933. The predicted molar refractivity (Wildman–Crippen MR) is 93.7 cm³/mol. The van der Waals surface area contributed by atoms with Gasteiger partial charge in [-0.05, 0) is 13.8 Å². The molecule has 0 bridgehead atoms. The first-order valence-electron chi connectivity index (χ1n) is 7.06. The van der Waals surface area contributed by atoms with Crippen LogP contribution in [-0.4, -0.2) is 33.8 Å². The average Bonchev–Trinajstić information content (AvgIpc) is 2.60. The number of nitro benzene ring substituents is 3. The summed E-state index contributed by atoms with van der Waals surface area (Å²) in [5, 5.41) is 32.4. The fourth-order valence-electron chi connectivity index (χ4n) is 1.42. The van der Waals surface area contributed by atoms with Gasteiger partial charge < -0.3 is 9.47 Å². The second kappa shape index (κ2) is 10.1. The number of hydrogen-bond donors (Lipinski definition) is 0. The number of carbonyl (C=O) groups is 2. The van der Waals surface area contributed by atoms with Gasteiger partial charge in [-0.1, -0.05) is 13.2 Å². The molecular formula is C15H15N3O10. The standard InChI is InChI=1S/C10H7N3O8.C5H8O2/c1-5(2)10(14)21-9-7(12(17)18)3-6(11(15)16)4-8(9)13(19)20;1-4(2)5(6)7-3/h3-4H,1H2,2H3;1H2,2-3H3. The highest BCUT2D eigenvalue weighted by Gasteiger charge is 2.33. The van der Waals surface area contributed by atoms with Gasteiger partial charge in [0.2, 0.25) is 0 Å². The monoisotopic (exact) mass is 397 g/mol. The van der Waals surface area contributed by atoms with E-state index < -0.39 is 43.6 Å². The van der Waals surface area contributed by atoms with Crippen molar-refractivity contribution in [3.8, 4) is 5.75 Å². The lowest BCUT2D eigenvalue weighted by Crippen LogP contribution is -2.11. The second-order valence-corrected chi connectivity index (χ2v) is 5.03. The summed E-state index contributed by atoms with van der Waals surface area (Å²) in [4.78, 5) is 50.7. The van der Waals surface area contributed by atoms with Crippen LogP contribution in [0.1, 0.15) is 13.8 Å². The summed E-state index contributed by atoms with van der Waals surface area (Å²) >= 11 is 0. The highest BCUT2D eigenvalue weighted by Crippen LogP contribution is 2.40. The smallest absolute Gasteiger partial charge is 0.339 e. The molecule has 0 unspecified atom stereocenters. The quantitative estimate of drug-likeness (QED) is 0.227. The molecule has 13 heteroatoms. The van der Waals surface area contributed by atoms with Gasteiger partial charge in [-0.15, -0.1) is 0 Å². The fraction of sp³-hybridized carbons (Fsp3) is 0.200. The molecule has 0 N–H and O–H groups in total. The van der Waals surface area contributed by atoms with Crippen molar-refractivity contribution < 1.29 is 33.8 Å². The molecule has 0 spiro atoms. The fourth-order valence-corrected chi connectivity index (χ4v) is 1.42. The van der Waals surface area contributed by atoms with Crippen LogP contribution in [0.3, 0.4) is 0 Å². The maximum absolute atomic E-state index is 11.4. The number of nitro groups is 3. The number of hydrogen-bond acceptors (Lipinski definition) is 10. The largest absolute Gasteiger partial charge is 0.466 e. The van der Waals surface area contributed by atoms with Crippen LogP contribution >= 0.6 is 0 Å². The van der Waals surface area contributed by atoms with E-state index in [1.54, 1.807) is 6.92 Å². The summed E-state index contributed by atoms with van der Waals surface area (Å²) in [6.07, 6.45) is 0. The molecule has 0 saturated heterocycles. The Labute approximate surface area is 157 Å². The van der Waals surface area contributed by atoms with Crippen molar-refractivity contribution in [1.82, 2.24) is 0 Å². The van der Waals surface area contributed by atoms with Crippen molar-refractivity contribution in [3.63, 3.8) is 0 Å². The summed E-state index contributed by atoms with van der Waals surface area (Å²) in [7, 11) is 1.33. The lowest BCUT2D eigenvalue weighted by Gasteiger charge is -2.05. The van der Waals surface area contributed by atoms with E-state index >= 15 is 0 Å². The van der Waals surface area contributed by atoms with Crippen molar-refractivity contribution in [2.45, 2.75) is 13.8 Å². The maximum Gasteiger partial charge on any atom is 0.339 e. The Balaban J connectivity index is 0.000000887. The zero-order chi connectivity index (χ0) is 22.2. The van der Waals surface area contributed by atoms with Crippen molar-refractivity contribution >= 4 is 29.0 Å². The Hall–Kier alpha value is -4.16. The highest BCUT2D eigenvalue weighted by molar-refractivity contribution is 5.90. The Morgan fingerprint density at radius 2 is 1.25 bits per heavy atom. The first kappa shape index (κ1) is 23.8. The lowest BCUT2D eigenvalue weighted by atomic mass is 10.2. The van der Waals surface area contributed by atoms with Gasteiger partial charge >= 0.3 is 23.3 Å². The number of esters is 2. The molecule has 1 aromatic rings. The van der Waals surface area contributed by atoms with Gasteiger partial charge in [0.05, 0.1) is 34.0 Å². The minimum atomic E-state index is -1.13. The normalized spacial score (nSPS) is 9.25. The number of methoxy groups -OCH3 is 1. The SMILES string of the molecule is C=C(C)C(=O)OC.C=C(C)C(=O)Oc1c([N+](=O)[O-])cc([N+](=O)[O-])cc1[N+](=O)[O-]. The highest BCUT2D eigenvalue weighted by atomic mass is 16.6. The van der Waals surface area contributed by atoms with Gasteiger partial charge in [0, 0.05) is 11.1 Å². The predicted octanol–water partition coefficient (Wildman–Crippen LogP) is 2.63. The third kappa shape index (κ3) is 6.62. The van der Waals surface area contributed by atoms with Crippen LogP contribution in [0.2, 0.25) is 0 Å². The summed E-state index contributed by atoms with van der Waals surface area (Å²) in [5.74, 6) is -2.46. The van der Waals surface area contributed by atoms with E-state index in [9.17, 15) is 39.9 Å². The van der Waals surface area contributed by atoms with Crippen LogP contribution in [0.15, 0.2) is 36.4 Å². The third-order valence-corrected chi connectivity index (χ3v) is 2.72. The number of ether oxygens (including phenoxy) is 2. The molecule has 1 aromatic carbocycles. The Morgan fingerprint density at radius 3 is 1.46 bits per heavy atom. The molecule has 0 fully saturated rings. The molecule has 28 heavy (non-hydrogen) atoms. The zero-order valence-electron chi connectivity index (χ0n) is 15.0. The summed E-state index contributed by atoms with van der Waals surface area (Å²) < 4.78 is 8.82. The van der Waals surface area contributed by atoms with E-state index in [1.165, 1.54) is 14.0 Å². The second-order valence-electron chi connectivity index (χ2n) is 5.03. The van der Waals surface area contributed by atoms with Gasteiger partial charge in [-0.3, -0.25) is 30.3 Å². The van der Waals surface area contributed by atoms with Gasteiger partial charge in [0.1, 0.15) is 0 Å². The number of benzene rings is 1. The van der Waals surface area contributed by atoms with E-state index in [0.717, 1.165) is 0 Å². The molecule has 0 saturated carbocycles. The molecule has 13 nitrogen and oxygen atoms in total. The number of carbonyl (C=O) groups excluding carboxylic acids is 2. The Morgan fingerprint density at radius 1 is 0.857 bits per heavy atom. The minimum Gasteiger partial charge on any atom is -0.466 e. The molecule has 0 heterocycles. The molecule has 0 atom stereocenters. The van der Waals surface area contributed by atoms with E-state index in [0.29, 0.717) is 17.7 Å². The van der Waals surface area contributed by atoms with Crippen LogP contribution < -0.4 is 4.74 Å². The maximum atomic E-state index is 11.4. The van der Waals surface area contributed by atoms with E-state index in [2.05, 4.69) is 22.6 Å². The molecule has 0 aromatic heterocycles. The summed E-state index contributed by atoms with van der Waals surface area (Å²) in [6.45, 7) is 9.41. The first-order valence-corrected chi connectivity index (χ1v) is 7.06. The summed E-state index contributed by atoms with van der Waals surface area (Å²) in [5.41, 5.74) is -2.72. The van der Waals surface area contributed by atoms with Crippen molar-refractivity contribution in [1.29, 1.82) is 0 Å². The van der Waals surface area contributed by atoms with Crippen molar-refractivity contribution in [2.75, 3.05) is 7.11 Å². The van der Waals surface area contributed by atoms with Gasteiger partial charge in [-0.2, -0.15) is 0 Å². The number of rotatable bonds is 6. The van der Waals surface area contributed by atoms with Gasteiger partial charge in [0.25, 0.3) is 11.4 Å². The molecular weight excluding hydrogens is 382 g/mol. The van der Waals surface area contributed by atoms with E-state index in [-0.39, 0.29) is 11.5 Å². The third-order valence-electron chi connectivity index (χ3n) is 2.72. The Kier molecular flexibility index (Phi) is 8.60. The average molecular weight is 397 g/mol. The first-order chi connectivity index (χ1) is 12.8. The van der Waals surface area contributed by atoms with Crippen molar-refractivity contribution in [3.05, 3.63) is 66.8 Å². The van der Waals surface area contributed by atoms with Gasteiger partial charge in [0.15, 0.2) is 0 Å².